The Hall–Kier alpha value is -3.56. The predicted octanol–water partition coefficient (Wildman–Crippen LogP) is 3.00. The van der Waals surface area contributed by atoms with Gasteiger partial charge in [0, 0.05) is 26.2 Å². The molecule has 0 radical (unpaired) electrons. The number of aliphatic hydroxyl groups excluding tert-OH is 1. The standard InChI is InChI=1S/C26H30N2O7/c1-3-34-21-9-6-18(17-22(21)32-2)24-23(20(29)8-7-19-5-4-14-35-19)25(30)26(31)28(24)11-10-27-12-15-33-16-13-27/h4-9,14,17,24,30H,3,10-13,15-16H2,1-2H3/b8-7+. The molecular formula is C26H30N2O7. The van der Waals surface area contributed by atoms with E-state index in [1.54, 1.807) is 30.3 Å². The molecule has 1 aromatic heterocycles. The van der Waals surface area contributed by atoms with Crippen LogP contribution in [0.2, 0.25) is 0 Å². The van der Waals surface area contributed by atoms with E-state index in [1.165, 1.54) is 30.4 Å². The van der Waals surface area contributed by atoms with E-state index in [-0.39, 0.29) is 5.57 Å². The highest BCUT2D eigenvalue weighted by molar-refractivity contribution is 6.14. The van der Waals surface area contributed by atoms with E-state index in [0.717, 1.165) is 13.1 Å². The van der Waals surface area contributed by atoms with Crippen molar-refractivity contribution in [3.05, 3.63) is 65.3 Å². The average molecular weight is 483 g/mol. The number of benzene rings is 1. The number of ether oxygens (including phenoxy) is 3. The maximum absolute atomic E-state index is 13.2. The third-order valence-electron chi connectivity index (χ3n) is 6.08. The average Bonchev–Trinajstić information content (AvgIpc) is 3.49. The van der Waals surface area contributed by atoms with E-state index in [1.807, 2.05) is 6.92 Å². The number of aliphatic hydroxyl groups is 1. The fraction of sp³-hybridized carbons (Fsp3) is 0.385. The highest BCUT2D eigenvalue weighted by atomic mass is 16.5. The van der Waals surface area contributed by atoms with Crippen LogP contribution in [0.1, 0.15) is 24.3 Å². The van der Waals surface area contributed by atoms with Crippen LogP contribution >= 0.6 is 0 Å². The van der Waals surface area contributed by atoms with Crippen molar-refractivity contribution >= 4 is 17.8 Å². The first kappa shape index (κ1) is 24.6. The Morgan fingerprint density at radius 2 is 2.00 bits per heavy atom. The van der Waals surface area contributed by atoms with Gasteiger partial charge in [0.1, 0.15) is 5.76 Å². The van der Waals surface area contributed by atoms with E-state index in [9.17, 15) is 14.7 Å². The summed E-state index contributed by atoms with van der Waals surface area (Å²) in [5.74, 6) is -0.0639. The fourth-order valence-electron chi connectivity index (χ4n) is 4.32. The van der Waals surface area contributed by atoms with Gasteiger partial charge in [-0.1, -0.05) is 6.07 Å². The maximum atomic E-state index is 13.2. The molecule has 1 fully saturated rings. The summed E-state index contributed by atoms with van der Waals surface area (Å²) in [6.45, 7) is 6.07. The van der Waals surface area contributed by atoms with E-state index in [0.29, 0.717) is 55.7 Å². The number of hydrogen-bond acceptors (Lipinski definition) is 8. The van der Waals surface area contributed by atoms with Crippen molar-refractivity contribution in [3.8, 4) is 11.5 Å². The van der Waals surface area contributed by atoms with Crippen LogP contribution in [-0.4, -0.2) is 79.7 Å². The first-order chi connectivity index (χ1) is 17.0. The first-order valence-electron chi connectivity index (χ1n) is 11.6. The molecule has 0 saturated carbocycles. The van der Waals surface area contributed by atoms with Crippen LogP contribution in [-0.2, 0) is 14.3 Å². The van der Waals surface area contributed by atoms with Crippen LogP contribution < -0.4 is 9.47 Å². The van der Waals surface area contributed by atoms with Crippen LogP contribution in [0, 0.1) is 0 Å². The lowest BCUT2D eigenvalue weighted by Crippen LogP contribution is -2.43. The Labute approximate surface area is 204 Å². The number of furan rings is 1. The molecular weight excluding hydrogens is 452 g/mol. The van der Waals surface area contributed by atoms with Crippen LogP contribution in [0.4, 0.5) is 0 Å². The van der Waals surface area contributed by atoms with Gasteiger partial charge < -0.3 is 28.6 Å². The van der Waals surface area contributed by atoms with Crippen molar-refractivity contribution in [2.24, 2.45) is 0 Å². The van der Waals surface area contributed by atoms with Gasteiger partial charge in [0.15, 0.2) is 23.0 Å². The van der Waals surface area contributed by atoms with Crippen LogP contribution in [0.3, 0.4) is 0 Å². The highest BCUT2D eigenvalue weighted by Crippen LogP contribution is 2.41. The molecule has 186 valence electrons. The minimum atomic E-state index is -0.776. The van der Waals surface area contributed by atoms with Crippen molar-refractivity contribution in [3.63, 3.8) is 0 Å². The molecule has 2 aliphatic rings. The van der Waals surface area contributed by atoms with Gasteiger partial charge in [-0.05, 0) is 48.9 Å². The summed E-state index contributed by atoms with van der Waals surface area (Å²) in [6.07, 6.45) is 4.32. The summed E-state index contributed by atoms with van der Waals surface area (Å²) in [5.41, 5.74) is 0.658. The number of nitrogens with zero attached hydrogens (tertiary/aromatic N) is 2. The number of carbonyl (C=O) groups is 2. The monoisotopic (exact) mass is 482 g/mol. The second kappa shape index (κ2) is 11.2. The fourth-order valence-corrected chi connectivity index (χ4v) is 4.32. The number of morpholine rings is 1. The topological polar surface area (TPSA) is 102 Å². The molecule has 1 N–H and O–H groups in total. The van der Waals surface area contributed by atoms with Crippen molar-refractivity contribution < 1.29 is 33.3 Å². The largest absolute Gasteiger partial charge is 0.503 e. The molecule has 1 aromatic carbocycles. The number of hydrogen-bond donors (Lipinski definition) is 1. The number of carbonyl (C=O) groups excluding carboxylic acids is 2. The Balaban J connectivity index is 1.67. The van der Waals surface area contributed by atoms with Gasteiger partial charge in [-0.3, -0.25) is 14.5 Å². The van der Waals surface area contributed by atoms with Crippen molar-refractivity contribution in [1.82, 2.24) is 9.80 Å². The number of methoxy groups -OCH3 is 1. The van der Waals surface area contributed by atoms with Gasteiger partial charge in [-0.2, -0.15) is 0 Å². The Kier molecular flexibility index (Phi) is 7.89. The predicted molar refractivity (Wildman–Crippen MR) is 128 cm³/mol. The summed E-state index contributed by atoms with van der Waals surface area (Å²) in [5, 5.41) is 10.8. The molecule has 9 heteroatoms. The van der Waals surface area contributed by atoms with Gasteiger partial charge >= 0.3 is 0 Å². The molecule has 0 spiro atoms. The third kappa shape index (κ3) is 5.41. The Morgan fingerprint density at radius 3 is 2.69 bits per heavy atom. The number of ketones is 1. The van der Waals surface area contributed by atoms with Gasteiger partial charge in [0.05, 0.1) is 44.8 Å². The number of allylic oxidation sites excluding steroid dienone is 1. The zero-order chi connectivity index (χ0) is 24.8. The quantitative estimate of drug-likeness (QED) is 0.516. The summed E-state index contributed by atoms with van der Waals surface area (Å²) in [7, 11) is 1.53. The van der Waals surface area contributed by atoms with Gasteiger partial charge in [0.2, 0.25) is 0 Å². The maximum Gasteiger partial charge on any atom is 0.290 e. The molecule has 1 saturated heterocycles. The SMILES string of the molecule is CCOc1ccc(C2C(C(=O)/C=C/c3ccco3)=C(O)C(=O)N2CCN2CCOCC2)cc1OC. The lowest BCUT2D eigenvalue weighted by Gasteiger charge is -2.31. The number of amides is 1. The Morgan fingerprint density at radius 1 is 1.20 bits per heavy atom. The minimum absolute atomic E-state index is 0.0194. The van der Waals surface area contributed by atoms with E-state index >= 15 is 0 Å². The molecule has 1 atom stereocenters. The van der Waals surface area contributed by atoms with Crippen molar-refractivity contribution in [2.45, 2.75) is 13.0 Å². The summed E-state index contributed by atoms with van der Waals surface area (Å²) >= 11 is 0. The molecule has 2 aliphatic heterocycles. The molecule has 3 heterocycles. The van der Waals surface area contributed by atoms with E-state index < -0.39 is 23.5 Å². The first-order valence-corrected chi connectivity index (χ1v) is 11.6. The number of rotatable bonds is 10. The normalized spacial score (nSPS) is 19.1. The van der Waals surface area contributed by atoms with Gasteiger partial charge in [-0.25, -0.2) is 0 Å². The molecule has 9 nitrogen and oxygen atoms in total. The molecule has 0 bridgehead atoms. The molecule has 2 aromatic rings. The third-order valence-corrected chi connectivity index (χ3v) is 6.08. The smallest absolute Gasteiger partial charge is 0.290 e. The highest BCUT2D eigenvalue weighted by Gasteiger charge is 2.43. The van der Waals surface area contributed by atoms with E-state index in [2.05, 4.69) is 4.90 Å². The summed E-state index contributed by atoms with van der Waals surface area (Å²) < 4.78 is 21.8. The summed E-state index contributed by atoms with van der Waals surface area (Å²) in [6, 6.07) is 7.92. The van der Waals surface area contributed by atoms with Gasteiger partial charge in [0.25, 0.3) is 5.91 Å². The zero-order valence-electron chi connectivity index (χ0n) is 19.9. The van der Waals surface area contributed by atoms with Crippen molar-refractivity contribution in [1.29, 1.82) is 0 Å². The summed E-state index contributed by atoms with van der Waals surface area (Å²) in [4.78, 5) is 30.1. The minimum Gasteiger partial charge on any atom is -0.503 e. The molecule has 1 unspecified atom stereocenters. The lowest BCUT2D eigenvalue weighted by atomic mass is 9.95. The molecule has 35 heavy (non-hydrogen) atoms. The second-order valence-corrected chi connectivity index (χ2v) is 8.17. The van der Waals surface area contributed by atoms with Crippen LogP contribution in [0.5, 0.6) is 11.5 Å². The van der Waals surface area contributed by atoms with E-state index in [4.69, 9.17) is 18.6 Å². The lowest BCUT2D eigenvalue weighted by molar-refractivity contribution is -0.129. The van der Waals surface area contributed by atoms with Crippen LogP contribution in [0.25, 0.3) is 6.08 Å². The molecule has 4 rings (SSSR count). The zero-order valence-corrected chi connectivity index (χ0v) is 19.9. The van der Waals surface area contributed by atoms with Crippen molar-refractivity contribution in [2.75, 3.05) is 53.1 Å². The molecule has 1 amide bonds. The second-order valence-electron chi connectivity index (χ2n) is 8.17. The Bertz CT molecular complexity index is 1100. The van der Waals surface area contributed by atoms with Gasteiger partial charge in [-0.15, -0.1) is 0 Å². The van der Waals surface area contributed by atoms with Crippen LogP contribution in [0.15, 0.2) is 58.4 Å². The molecule has 0 aliphatic carbocycles.